The zero-order valence-corrected chi connectivity index (χ0v) is 12.9. The summed E-state index contributed by atoms with van der Waals surface area (Å²) in [4.78, 5) is 11.3. The molecule has 0 aromatic heterocycles. The van der Waals surface area contributed by atoms with Crippen LogP contribution in [-0.2, 0) is 17.7 Å². The Hall–Kier alpha value is -1.84. The average molecular weight is 306 g/mol. The molecule has 0 radical (unpaired) electrons. The summed E-state index contributed by atoms with van der Waals surface area (Å²) in [5.74, 6) is -0.298. The molecule has 0 aliphatic heterocycles. The van der Waals surface area contributed by atoms with E-state index in [9.17, 15) is 4.79 Å². The molecular formula is C17H20ClNO2. The first-order valence-electron chi connectivity index (χ1n) is 6.71. The Labute approximate surface area is 131 Å². The Kier molecular flexibility index (Phi) is 7.51. The highest BCUT2D eigenvalue weighted by Crippen LogP contribution is 2.05. The third kappa shape index (κ3) is 5.58. The normalized spacial score (nSPS) is 9.76. The van der Waals surface area contributed by atoms with Crippen LogP contribution < -0.4 is 5.32 Å². The van der Waals surface area contributed by atoms with Crippen LogP contribution in [0.3, 0.4) is 0 Å². The quantitative estimate of drug-likeness (QED) is 0.658. The molecule has 0 atom stereocenters. The van der Waals surface area contributed by atoms with Gasteiger partial charge in [0.05, 0.1) is 12.7 Å². The van der Waals surface area contributed by atoms with E-state index in [4.69, 9.17) is 0 Å². The standard InChI is InChI=1S/C17H19NO2.ClH/c1-20-17(19)16-9-7-15(8-10-16)13-18-12-11-14-5-3-2-4-6-14;/h2-10,18H,11-13H2,1H3;1H. The molecule has 1 N–H and O–H groups in total. The molecule has 112 valence electrons. The number of carbonyl (C=O) groups excluding carboxylic acids is 1. The van der Waals surface area contributed by atoms with E-state index in [-0.39, 0.29) is 18.4 Å². The van der Waals surface area contributed by atoms with Gasteiger partial charge in [0.1, 0.15) is 0 Å². The Morgan fingerprint density at radius 3 is 2.29 bits per heavy atom. The second-order valence-electron chi connectivity index (χ2n) is 4.60. The van der Waals surface area contributed by atoms with Crippen molar-refractivity contribution in [1.29, 1.82) is 0 Å². The van der Waals surface area contributed by atoms with Crippen LogP contribution in [0.15, 0.2) is 54.6 Å². The number of nitrogens with one attached hydrogen (secondary N) is 1. The van der Waals surface area contributed by atoms with E-state index in [2.05, 4.69) is 34.3 Å². The maximum Gasteiger partial charge on any atom is 0.337 e. The van der Waals surface area contributed by atoms with Crippen LogP contribution in [0.5, 0.6) is 0 Å². The van der Waals surface area contributed by atoms with Gasteiger partial charge in [0.2, 0.25) is 0 Å². The molecule has 4 heteroatoms. The van der Waals surface area contributed by atoms with Gasteiger partial charge in [-0.1, -0.05) is 42.5 Å². The first-order valence-corrected chi connectivity index (χ1v) is 6.71. The van der Waals surface area contributed by atoms with Gasteiger partial charge in [0, 0.05) is 6.54 Å². The molecule has 0 heterocycles. The van der Waals surface area contributed by atoms with Gasteiger partial charge in [0.15, 0.2) is 0 Å². The number of rotatable bonds is 6. The monoisotopic (exact) mass is 305 g/mol. The predicted octanol–water partition coefficient (Wildman–Crippen LogP) is 3.23. The molecule has 0 aliphatic rings. The molecule has 0 saturated carbocycles. The highest BCUT2D eigenvalue weighted by atomic mass is 35.5. The Balaban J connectivity index is 0.00000220. The molecule has 21 heavy (non-hydrogen) atoms. The largest absolute Gasteiger partial charge is 0.465 e. The van der Waals surface area contributed by atoms with Crippen molar-refractivity contribution in [1.82, 2.24) is 5.32 Å². The van der Waals surface area contributed by atoms with Gasteiger partial charge in [-0.2, -0.15) is 0 Å². The fraction of sp³-hybridized carbons (Fsp3) is 0.235. The van der Waals surface area contributed by atoms with Crippen LogP contribution in [0.1, 0.15) is 21.5 Å². The summed E-state index contributed by atoms with van der Waals surface area (Å²) in [6, 6.07) is 17.9. The SMILES string of the molecule is COC(=O)c1ccc(CNCCc2ccccc2)cc1.Cl. The minimum absolute atomic E-state index is 0. The van der Waals surface area contributed by atoms with Gasteiger partial charge in [-0.05, 0) is 36.2 Å². The molecule has 0 unspecified atom stereocenters. The zero-order chi connectivity index (χ0) is 14.2. The summed E-state index contributed by atoms with van der Waals surface area (Å²) < 4.78 is 4.67. The second-order valence-corrected chi connectivity index (χ2v) is 4.60. The van der Waals surface area contributed by atoms with Crippen molar-refractivity contribution in [3.8, 4) is 0 Å². The molecule has 0 spiro atoms. The number of hydrogen-bond donors (Lipinski definition) is 1. The zero-order valence-electron chi connectivity index (χ0n) is 12.0. The van der Waals surface area contributed by atoms with E-state index in [0.29, 0.717) is 5.56 Å². The molecule has 0 bridgehead atoms. The number of halogens is 1. The van der Waals surface area contributed by atoms with E-state index in [1.54, 1.807) is 12.1 Å². The fourth-order valence-electron chi connectivity index (χ4n) is 1.99. The van der Waals surface area contributed by atoms with Crippen molar-refractivity contribution in [2.75, 3.05) is 13.7 Å². The number of carbonyl (C=O) groups is 1. The Morgan fingerprint density at radius 2 is 1.67 bits per heavy atom. The van der Waals surface area contributed by atoms with E-state index in [1.165, 1.54) is 12.7 Å². The van der Waals surface area contributed by atoms with Crippen molar-refractivity contribution < 1.29 is 9.53 Å². The Morgan fingerprint density at radius 1 is 1.00 bits per heavy atom. The summed E-state index contributed by atoms with van der Waals surface area (Å²) in [7, 11) is 1.39. The van der Waals surface area contributed by atoms with Gasteiger partial charge < -0.3 is 10.1 Å². The van der Waals surface area contributed by atoms with Crippen molar-refractivity contribution in [3.63, 3.8) is 0 Å². The molecule has 2 rings (SSSR count). The lowest BCUT2D eigenvalue weighted by atomic mass is 10.1. The molecule has 0 aliphatic carbocycles. The van der Waals surface area contributed by atoms with Crippen LogP contribution in [0.4, 0.5) is 0 Å². The number of methoxy groups -OCH3 is 1. The van der Waals surface area contributed by atoms with Gasteiger partial charge in [-0.25, -0.2) is 4.79 Å². The topological polar surface area (TPSA) is 38.3 Å². The minimum Gasteiger partial charge on any atom is -0.465 e. The lowest BCUT2D eigenvalue weighted by molar-refractivity contribution is 0.0600. The van der Waals surface area contributed by atoms with E-state index >= 15 is 0 Å². The summed E-state index contributed by atoms with van der Waals surface area (Å²) in [5.41, 5.74) is 3.08. The maximum absolute atomic E-state index is 11.3. The maximum atomic E-state index is 11.3. The van der Waals surface area contributed by atoms with Gasteiger partial charge in [-0.15, -0.1) is 12.4 Å². The summed E-state index contributed by atoms with van der Waals surface area (Å²) >= 11 is 0. The number of benzene rings is 2. The van der Waals surface area contributed by atoms with Crippen LogP contribution in [0.2, 0.25) is 0 Å². The van der Waals surface area contributed by atoms with Gasteiger partial charge in [0.25, 0.3) is 0 Å². The van der Waals surface area contributed by atoms with Crippen molar-refractivity contribution >= 4 is 18.4 Å². The fourth-order valence-corrected chi connectivity index (χ4v) is 1.99. The molecule has 0 amide bonds. The van der Waals surface area contributed by atoms with Crippen molar-refractivity contribution in [3.05, 3.63) is 71.3 Å². The third-order valence-corrected chi connectivity index (χ3v) is 3.14. The molecule has 0 saturated heterocycles. The number of esters is 1. The highest BCUT2D eigenvalue weighted by Gasteiger charge is 2.03. The van der Waals surface area contributed by atoms with Gasteiger partial charge in [-0.3, -0.25) is 0 Å². The van der Waals surface area contributed by atoms with Crippen molar-refractivity contribution in [2.24, 2.45) is 0 Å². The Bertz CT molecular complexity index is 540. The van der Waals surface area contributed by atoms with Crippen LogP contribution in [-0.4, -0.2) is 19.6 Å². The second kappa shape index (κ2) is 9.16. The molecule has 2 aromatic carbocycles. The third-order valence-electron chi connectivity index (χ3n) is 3.14. The lowest BCUT2D eigenvalue weighted by Gasteiger charge is -2.06. The van der Waals surface area contributed by atoms with Crippen LogP contribution in [0, 0.1) is 0 Å². The highest BCUT2D eigenvalue weighted by molar-refractivity contribution is 5.89. The van der Waals surface area contributed by atoms with E-state index in [1.807, 2.05) is 18.2 Å². The average Bonchev–Trinajstić information content (AvgIpc) is 2.52. The first kappa shape index (κ1) is 17.2. The van der Waals surface area contributed by atoms with E-state index < -0.39 is 0 Å². The van der Waals surface area contributed by atoms with Crippen LogP contribution >= 0.6 is 12.4 Å². The van der Waals surface area contributed by atoms with Crippen LogP contribution in [0.25, 0.3) is 0 Å². The van der Waals surface area contributed by atoms with Crippen molar-refractivity contribution in [2.45, 2.75) is 13.0 Å². The summed E-state index contributed by atoms with van der Waals surface area (Å²) in [6.45, 7) is 1.73. The predicted molar refractivity (Wildman–Crippen MR) is 86.9 cm³/mol. The summed E-state index contributed by atoms with van der Waals surface area (Å²) in [6.07, 6.45) is 1.01. The minimum atomic E-state index is -0.298. The smallest absolute Gasteiger partial charge is 0.337 e. The lowest BCUT2D eigenvalue weighted by Crippen LogP contribution is -2.16. The van der Waals surface area contributed by atoms with Gasteiger partial charge >= 0.3 is 5.97 Å². The molecule has 0 fully saturated rings. The molecule has 3 nitrogen and oxygen atoms in total. The first-order chi connectivity index (χ1) is 9.79. The van der Waals surface area contributed by atoms with E-state index in [0.717, 1.165) is 25.1 Å². The number of hydrogen-bond acceptors (Lipinski definition) is 3. The summed E-state index contributed by atoms with van der Waals surface area (Å²) in [5, 5.41) is 3.40. The molecule has 2 aromatic rings. The number of ether oxygens (including phenoxy) is 1. The molecular weight excluding hydrogens is 286 g/mol.